The van der Waals surface area contributed by atoms with Crippen molar-refractivity contribution in [2.45, 2.75) is 11.3 Å². The minimum absolute atomic E-state index is 1.10. The monoisotopic (exact) mass is 257 g/mol. The largest absolute Gasteiger partial charge is 0.375 e. The first-order valence-electron chi connectivity index (χ1n) is 6.30. The second-order valence-corrected chi connectivity index (χ2v) is 5.44. The summed E-state index contributed by atoms with van der Waals surface area (Å²) in [6.45, 7) is 1.10. The minimum atomic E-state index is 1.10. The van der Waals surface area contributed by atoms with Crippen LogP contribution in [-0.4, -0.2) is 19.3 Å². The van der Waals surface area contributed by atoms with E-state index in [9.17, 15) is 0 Å². The van der Waals surface area contributed by atoms with Gasteiger partial charge in [0, 0.05) is 24.2 Å². The van der Waals surface area contributed by atoms with Gasteiger partial charge in [-0.15, -0.1) is 11.8 Å². The minimum Gasteiger partial charge on any atom is -0.375 e. The van der Waals surface area contributed by atoms with Crippen LogP contribution >= 0.6 is 11.8 Å². The third-order valence-electron chi connectivity index (χ3n) is 2.85. The van der Waals surface area contributed by atoms with E-state index in [4.69, 9.17) is 0 Å². The van der Waals surface area contributed by atoms with Gasteiger partial charge < -0.3 is 4.90 Å². The van der Waals surface area contributed by atoms with E-state index < -0.39 is 0 Å². The molecule has 0 unspecified atom stereocenters. The number of thioether (sulfide) groups is 1. The first kappa shape index (κ1) is 13.0. The summed E-state index contributed by atoms with van der Waals surface area (Å²) in [5, 5.41) is 0. The fraction of sp³-hybridized carbons (Fsp3) is 0.250. The molecule has 0 heterocycles. The van der Waals surface area contributed by atoms with Crippen LogP contribution in [0, 0.1) is 0 Å². The first-order chi connectivity index (χ1) is 8.86. The SMILES string of the molecule is CN(CCCSc1ccccc1)c1ccccc1. The lowest BCUT2D eigenvalue weighted by Crippen LogP contribution is -2.18. The molecule has 0 saturated heterocycles. The smallest absolute Gasteiger partial charge is 0.0363 e. The van der Waals surface area contributed by atoms with Crippen LogP contribution in [-0.2, 0) is 0 Å². The summed E-state index contributed by atoms with van der Waals surface area (Å²) in [5.41, 5.74) is 1.29. The van der Waals surface area contributed by atoms with Crippen molar-refractivity contribution in [2.75, 3.05) is 24.2 Å². The molecule has 0 fully saturated rings. The van der Waals surface area contributed by atoms with Gasteiger partial charge in [0.05, 0.1) is 0 Å². The molecule has 2 heteroatoms. The van der Waals surface area contributed by atoms with Gasteiger partial charge in [-0.3, -0.25) is 0 Å². The fourth-order valence-corrected chi connectivity index (χ4v) is 2.68. The molecule has 94 valence electrons. The van der Waals surface area contributed by atoms with Crippen molar-refractivity contribution in [1.29, 1.82) is 0 Å². The standard InChI is InChI=1S/C16H19NS/c1-17(15-9-4-2-5-10-15)13-8-14-18-16-11-6-3-7-12-16/h2-7,9-12H,8,13-14H2,1H3. The highest BCUT2D eigenvalue weighted by molar-refractivity contribution is 7.99. The third kappa shape index (κ3) is 4.11. The van der Waals surface area contributed by atoms with Crippen LogP contribution < -0.4 is 4.90 Å². The number of rotatable bonds is 6. The van der Waals surface area contributed by atoms with Crippen molar-refractivity contribution in [3.8, 4) is 0 Å². The summed E-state index contributed by atoms with van der Waals surface area (Å²) < 4.78 is 0. The van der Waals surface area contributed by atoms with Gasteiger partial charge >= 0.3 is 0 Å². The second kappa shape index (κ2) is 7.12. The summed E-state index contributed by atoms with van der Waals surface area (Å²) in [7, 11) is 2.16. The fourth-order valence-electron chi connectivity index (χ4n) is 1.82. The number of benzene rings is 2. The van der Waals surface area contributed by atoms with Gasteiger partial charge in [0.25, 0.3) is 0 Å². The molecule has 0 bridgehead atoms. The average molecular weight is 257 g/mol. The highest BCUT2D eigenvalue weighted by Crippen LogP contribution is 2.18. The molecule has 0 atom stereocenters. The molecule has 0 amide bonds. The van der Waals surface area contributed by atoms with E-state index in [2.05, 4.69) is 72.6 Å². The van der Waals surface area contributed by atoms with Gasteiger partial charge in [0.1, 0.15) is 0 Å². The predicted molar refractivity (Wildman–Crippen MR) is 81.5 cm³/mol. The summed E-state index contributed by atoms with van der Waals surface area (Å²) in [6.07, 6.45) is 1.20. The van der Waals surface area contributed by atoms with Crippen LogP contribution in [0.25, 0.3) is 0 Å². The normalized spacial score (nSPS) is 10.3. The maximum Gasteiger partial charge on any atom is 0.0363 e. The third-order valence-corrected chi connectivity index (χ3v) is 3.95. The zero-order valence-electron chi connectivity index (χ0n) is 10.8. The Morgan fingerprint density at radius 1 is 0.889 bits per heavy atom. The number of hydrogen-bond acceptors (Lipinski definition) is 2. The van der Waals surface area contributed by atoms with Crippen molar-refractivity contribution in [2.24, 2.45) is 0 Å². The van der Waals surface area contributed by atoms with Crippen LogP contribution in [0.2, 0.25) is 0 Å². The molecule has 18 heavy (non-hydrogen) atoms. The molecular weight excluding hydrogens is 238 g/mol. The lowest BCUT2D eigenvalue weighted by Gasteiger charge is -2.18. The van der Waals surface area contributed by atoms with Crippen LogP contribution in [0.15, 0.2) is 65.6 Å². The lowest BCUT2D eigenvalue weighted by atomic mass is 10.3. The van der Waals surface area contributed by atoms with Crippen LogP contribution in [0.4, 0.5) is 5.69 Å². The first-order valence-corrected chi connectivity index (χ1v) is 7.29. The zero-order chi connectivity index (χ0) is 12.6. The van der Waals surface area contributed by atoms with Crippen LogP contribution in [0.3, 0.4) is 0 Å². The molecule has 0 N–H and O–H groups in total. The van der Waals surface area contributed by atoms with E-state index in [1.807, 2.05) is 11.8 Å². The maximum absolute atomic E-state index is 2.31. The molecule has 1 nitrogen and oxygen atoms in total. The Bertz CT molecular complexity index is 441. The average Bonchev–Trinajstić information content (AvgIpc) is 2.45. The van der Waals surface area contributed by atoms with E-state index in [0.717, 1.165) is 6.54 Å². The van der Waals surface area contributed by atoms with Crippen molar-refractivity contribution < 1.29 is 0 Å². The molecule has 0 aliphatic rings. The van der Waals surface area contributed by atoms with E-state index in [1.54, 1.807) is 0 Å². The Hall–Kier alpha value is -1.41. The van der Waals surface area contributed by atoms with Crippen molar-refractivity contribution in [3.63, 3.8) is 0 Å². The van der Waals surface area contributed by atoms with Gasteiger partial charge in [-0.25, -0.2) is 0 Å². The molecular formula is C16H19NS. The van der Waals surface area contributed by atoms with Crippen molar-refractivity contribution in [1.82, 2.24) is 0 Å². The molecule has 2 aromatic carbocycles. The summed E-state index contributed by atoms with van der Waals surface area (Å²) in [6, 6.07) is 21.1. The number of nitrogens with zero attached hydrogens (tertiary/aromatic N) is 1. The Kier molecular flexibility index (Phi) is 5.15. The number of hydrogen-bond donors (Lipinski definition) is 0. The van der Waals surface area contributed by atoms with Crippen LogP contribution in [0.5, 0.6) is 0 Å². The van der Waals surface area contributed by atoms with E-state index in [-0.39, 0.29) is 0 Å². The van der Waals surface area contributed by atoms with E-state index in [0.29, 0.717) is 0 Å². The van der Waals surface area contributed by atoms with E-state index in [1.165, 1.54) is 22.8 Å². The summed E-state index contributed by atoms with van der Waals surface area (Å²) in [4.78, 5) is 3.67. The predicted octanol–water partition coefficient (Wildman–Crippen LogP) is 4.31. The van der Waals surface area contributed by atoms with Crippen molar-refractivity contribution in [3.05, 3.63) is 60.7 Å². The zero-order valence-corrected chi connectivity index (χ0v) is 11.6. The maximum atomic E-state index is 2.31. The Morgan fingerprint density at radius 3 is 2.17 bits per heavy atom. The molecule has 0 spiro atoms. The highest BCUT2D eigenvalue weighted by atomic mass is 32.2. The van der Waals surface area contributed by atoms with Crippen LogP contribution in [0.1, 0.15) is 6.42 Å². The summed E-state index contributed by atoms with van der Waals surface area (Å²) in [5.74, 6) is 1.17. The highest BCUT2D eigenvalue weighted by Gasteiger charge is 1.99. The lowest BCUT2D eigenvalue weighted by molar-refractivity contribution is 0.859. The Labute approximate surface area is 114 Å². The van der Waals surface area contributed by atoms with Crippen molar-refractivity contribution >= 4 is 17.4 Å². The quantitative estimate of drug-likeness (QED) is 0.560. The molecule has 2 aromatic rings. The van der Waals surface area contributed by atoms with Gasteiger partial charge in [-0.2, -0.15) is 0 Å². The molecule has 0 aliphatic heterocycles. The van der Waals surface area contributed by atoms with Gasteiger partial charge in [-0.1, -0.05) is 36.4 Å². The number of anilines is 1. The second-order valence-electron chi connectivity index (χ2n) is 4.27. The van der Waals surface area contributed by atoms with Gasteiger partial charge in [0.2, 0.25) is 0 Å². The Balaban J connectivity index is 1.70. The summed E-state index contributed by atoms with van der Waals surface area (Å²) >= 11 is 1.93. The Morgan fingerprint density at radius 2 is 1.50 bits per heavy atom. The molecule has 2 rings (SSSR count). The molecule has 0 aliphatic carbocycles. The molecule has 0 saturated carbocycles. The number of para-hydroxylation sites is 1. The topological polar surface area (TPSA) is 3.24 Å². The van der Waals surface area contributed by atoms with E-state index >= 15 is 0 Å². The van der Waals surface area contributed by atoms with Gasteiger partial charge in [-0.05, 0) is 36.4 Å². The molecule has 0 radical (unpaired) electrons. The molecule has 0 aromatic heterocycles. The van der Waals surface area contributed by atoms with Gasteiger partial charge in [0.15, 0.2) is 0 Å².